The van der Waals surface area contributed by atoms with Crippen molar-refractivity contribution in [1.29, 1.82) is 0 Å². The lowest BCUT2D eigenvalue weighted by Crippen LogP contribution is -2.38. The lowest BCUT2D eigenvalue weighted by molar-refractivity contribution is -0.192. The van der Waals surface area contributed by atoms with Crippen molar-refractivity contribution in [3.8, 4) is 28.2 Å². The number of nitrogens with one attached hydrogen (secondary N) is 1. The minimum Gasteiger partial charge on any atom is -0.475 e. The molecule has 51 heavy (non-hydrogen) atoms. The molecule has 1 aliphatic heterocycles. The summed E-state index contributed by atoms with van der Waals surface area (Å²) < 4.78 is 36.8. The zero-order valence-electron chi connectivity index (χ0n) is 28.3. The molecule has 0 fully saturated rings. The Balaban J connectivity index is 0.000000654. The Morgan fingerprint density at radius 3 is 2.45 bits per heavy atom. The van der Waals surface area contributed by atoms with E-state index in [2.05, 4.69) is 45.4 Å². The van der Waals surface area contributed by atoms with Crippen molar-refractivity contribution < 1.29 is 27.9 Å². The van der Waals surface area contributed by atoms with Crippen molar-refractivity contribution >= 4 is 42.6 Å². The van der Waals surface area contributed by atoms with E-state index in [1.165, 1.54) is 6.07 Å². The summed E-state index contributed by atoms with van der Waals surface area (Å²) in [5.74, 6) is -3.03. The Bertz CT molecular complexity index is 2140. The molecule has 1 amide bonds. The highest BCUT2D eigenvalue weighted by molar-refractivity contribution is 6.88. The summed E-state index contributed by atoms with van der Waals surface area (Å²) >= 11 is 6.42. The van der Waals surface area contributed by atoms with Crippen LogP contribution in [0, 0.1) is 5.92 Å². The minimum atomic E-state index is -5.08. The number of carbonyl (C=O) groups is 2. The summed E-state index contributed by atoms with van der Waals surface area (Å²) in [6.07, 6.45) is 3.79. The molecule has 4 aromatic heterocycles. The van der Waals surface area contributed by atoms with Crippen LogP contribution in [0.25, 0.3) is 28.2 Å². The van der Waals surface area contributed by atoms with E-state index in [-0.39, 0.29) is 23.4 Å². The molecular weight excluding hydrogens is 707 g/mol. The molecule has 268 valence electrons. The lowest BCUT2D eigenvalue weighted by atomic mass is 9.97. The van der Waals surface area contributed by atoms with Gasteiger partial charge in [0, 0.05) is 47.6 Å². The Kier molecular flexibility index (Phi) is 10.6. The molecule has 2 bridgehead atoms. The number of carboxylic acid groups (broad SMARTS) is 1. The molecular formula is C33H35ClF3N9O4Si. The smallest absolute Gasteiger partial charge is 0.475 e. The first kappa shape index (κ1) is 37.1. The average molecular weight is 742 g/mol. The molecule has 0 spiro atoms. The van der Waals surface area contributed by atoms with E-state index in [0.717, 1.165) is 28.0 Å². The van der Waals surface area contributed by atoms with Crippen LogP contribution in [0.2, 0.25) is 24.7 Å². The second kappa shape index (κ2) is 14.6. The Labute approximate surface area is 296 Å². The third kappa shape index (κ3) is 8.42. The Hall–Kier alpha value is -5.16. The van der Waals surface area contributed by atoms with Gasteiger partial charge in [-0.2, -0.15) is 18.3 Å². The van der Waals surface area contributed by atoms with Gasteiger partial charge in [-0.25, -0.2) is 14.5 Å². The summed E-state index contributed by atoms with van der Waals surface area (Å²) in [6.45, 7) is 8.55. The second-order valence-electron chi connectivity index (χ2n) is 13.1. The molecule has 0 saturated heterocycles. The van der Waals surface area contributed by atoms with Crippen molar-refractivity contribution in [3.05, 3.63) is 82.4 Å². The molecule has 0 radical (unpaired) electrons. The first-order valence-corrected chi connectivity index (χ1v) is 19.7. The topological polar surface area (TPSA) is 163 Å². The largest absolute Gasteiger partial charge is 0.490 e. The van der Waals surface area contributed by atoms with Crippen LogP contribution in [0.5, 0.6) is 0 Å². The number of rotatable bonds is 4. The number of halogens is 4. The van der Waals surface area contributed by atoms with Crippen LogP contribution in [-0.2, 0) is 16.6 Å². The van der Waals surface area contributed by atoms with E-state index in [1.54, 1.807) is 44.8 Å². The molecule has 1 aliphatic rings. The summed E-state index contributed by atoms with van der Waals surface area (Å²) in [4.78, 5) is 45.1. The third-order valence-electron chi connectivity index (χ3n) is 8.31. The van der Waals surface area contributed by atoms with Crippen LogP contribution in [0.4, 0.5) is 18.9 Å². The molecule has 1 aromatic carbocycles. The van der Waals surface area contributed by atoms with Crippen LogP contribution in [-0.4, -0.2) is 70.5 Å². The fraction of sp³-hybridized carbons (Fsp3) is 0.333. The van der Waals surface area contributed by atoms with E-state index < -0.39 is 20.2 Å². The number of fused-ring (bicyclic) bond motifs is 4. The number of carboxylic acids is 1. The lowest BCUT2D eigenvalue weighted by Gasteiger charge is -2.22. The third-order valence-corrected chi connectivity index (χ3v) is 10.3. The molecule has 0 unspecified atom stereocenters. The van der Waals surface area contributed by atoms with Gasteiger partial charge >= 0.3 is 12.1 Å². The van der Waals surface area contributed by atoms with Crippen LogP contribution in [0.15, 0.2) is 66.1 Å². The maximum atomic E-state index is 13.8. The van der Waals surface area contributed by atoms with Crippen molar-refractivity contribution in [2.45, 2.75) is 58.0 Å². The fourth-order valence-electron chi connectivity index (χ4n) is 5.51. The second-order valence-corrected chi connectivity index (χ2v) is 18.6. The number of amides is 1. The van der Waals surface area contributed by atoms with Crippen molar-refractivity contribution in [3.63, 3.8) is 0 Å². The Morgan fingerprint density at radius 2 is 1.80 bits per heavy atom. The maximum Gasteiger partial charge on any atom is 0.490 e. The predicted octanol–water partition coefficient (Wildman–Crippen LogP) is 5.47. The molecule has 18 heteroatoms. The number of nitrogens with zero attached hydrogens (tertiary/aromatic N) is 8. The summed E-state index contributed by atoms with van der Waals surface area (Å²) in [6, 6.07) is 10.4. The number of anilines is 1. The molecule has 6 rings (SSSR count). The average Bonchev–Trinajstić information content (AvgIpc) is 3.70. The number of pyridine rings is 1. The van der Waals surface area contributed by atoms with Crippen LogP contribution in [0.1, 0.15) is 37.9 Å². The molecule has 0 aliphatic carbocycles. The van der Waals surface area contributed by atoms with E-state index in [4.69, 9.17) is 26.5 Å². The van der Waals surface area contributed by atoms with Gasteiger partial charge in [-0.05, 0) is 43.2 Å². The number of alkyl halides is 3. The summed E-state index contributed by atoms with van der Waals surface area (Å²) in [5.41, 5.74) is 4.65. The zero-order valence-corrected chi connectivity index (χ0v) is 30.1. The zero-order chi connectivity index (χ0) is 37.2. The van der Waals surface area contributed by atoms with Gasteiger partial charge in [-0.1, -0.05) is 49.8 Å². The number of aryl methyl sites for hydroxylation is 1. The molecule has 13 nitrogen and oxygen atoms in total. The number of benzene rings is 1. The predicted molar refractivity (Wildman–Crippen MR) is 187 cm³/mol. The van der Waals surface area contributed by atoms with Gasteiger partial charge in [0.25, 0.3) is 5.56 Å². The monoisotopic (exact) mass is 741 g/mol. The standard InChI is InChI=1S/C31H34ClN9O2Si.C2HF3O2/c1-19-7-6-8-27(24-13-20(11-12-33-24)30-25(36-31(19)43)16-35-39(30)2)40-18-34-23(15-29(40)42)22-14-21(32)9-10-26(22)41-17-28(37-38-41)44(3,4)5;3-2(4,5)1(6)7/h9-19,27H,6-8H2,1-5H3,(H,36,43);(H,6,7)/t19-,27+;/m1./s1. The van der Waals surface area contributed by atoms with Gasteiger partial charge in [-0.15, -0.1) is 5.10 Å². The van der Waals surface area contributed by atoms with Crippen LogP contribution in [0.3, 0.4) is 0 Å². The summed E-state index contributed by atoms with van der Waals surface area (Å²) in [7, 11) is 0.150. The number of hydrogen-bond donors (Lipinski definition) is 2. The van der Waals surface area contributed by atoms with E-state index in [1.807, 2.05) is 38.4 Å². The minimum absolute atomic E-state index is 0.0597. The number of aliphatic carboxylic acids is 1. The molecule has 2 atom stereocenters. The van der Waals surface area contributed by atoms with Gasteiger partial charge in [0.2, 0.25) is 5.91 Å². The van der Waals surface area contributed by atoms with Crippen molar-refractivity contribution in [2.75, 3.05) is 5.32 Å². The van der Waals surface area contributed by atoms with E-state index in [0.29, 0.717) is 41.2 Å². The SMILES string of the molecule is C[C@@H]1CCC[C@H](n2cnc(-c3cc(Cl)ccc3-n3cc([Si](C)(C)C)nn3)cc2=O)c2cc(ccn2)-c2c(cnn2C)NC1=O.O=C(O)C(F)(F)F. The quantitative estimate of drug-likeness (QED) is 0.228. The van der Waals surface area contributed by atoms with Gasteiger partial charge in [0.05, 0.1) is 52.3 Å². The van der Waals surface area contributed by atoms with Gasteiger partial charge in [0.1, 0.15) is 8.07 Å². The number of aromatic nitrogens is 8. The first-order chi connectivity index (χ1) is 23.9. The normalized spacial score (nSPS) is 16.5. The van der Waals surface area contributed by atoms with Gasteiger partial charge in [-0.3, -0.25) is 23.8 Å². The van der Waals surface area contributed by atoms with Crippen molar-refractivity contribution in [1.82, 2.24) is 39.3 Å². The fourth-order valence-corrected chi connectivity index (χ4v) is 6.54. The molecule has 0 saturated carbocycles. The molecule has 5 aromatic rings. The van der Waals surface area contributed by atoms with Gasteiger partial charge in [0.15, 0.2) is 0 Å². The molecule has 5 heterocycles. The van der Waals surface area contributed by atoms with Crippen LogP contribution >= 0.6 is 11.6 Å². The van der Waals surface area contributed by atoms with Gasteiger partial charge < -0.3 is 10.4 Å². The first-order valence-electron chi connectivity index (χ1n) is 15.8. The molecule has 2 N–H and O–H groups in total. The van der Waals surface area contributed by atoms with Crippen molar-refractivity contribution in [2.24, 2.45) is 13.0 Å². The summed E-state index contributed by atoms with van der Waals surface area (Å²) in [5, 5.41) is 24.8. The number of carbonyl (C=O) groups excluding carboxylic acids is 1. The highest BCUT2D eigenvalue weighted by atomic mass is 35.5. The highest BCUT2D eigenvalue weighted by Gasteiger charge is 2.38. The van der Waals surface area contributed by atoms with E-state index >= 15 is 0 Å². The maximum absolute atomic E-state index is 13.8. The highest BCUT2D eigenvalue weighted by Crippen LogP contribution is 2.33. The Morgan fingerprint density at radius 1 is 1.08 bits per heavy atom. The number of hydrogen-bond acceptors (Lipinski definition) is 8. The van der Waals surface area contributed by atoms with Crippen LogP contribution < -0.4 is 16.2 Å². The van der Waals surface area contributed by atoms with E-state index in [9.17, 15) is 22.8 Å².